The Morgan fingerprint density at radius 1 is 1.10 bits per heavy atom. The van der Waals surface area contributed by atoms with Gasteiger partial charge in [-0.2, -0.15) is 0 Å². The Labute approximate surface area is 128 Å². The number of hydrogen-bond donors (Lipinski definition) is 2. The van der Waals surface area contributed by atoms with Gasteiger partial charge in [0.25, 0.3) is 5.91 Å². The molecule has 0 atom stereocenters. The third-order valence-electron chi connectivity index (χ3n) is 3.39. The largest absolute Gasteiger partial charge is 0.464 e. The molecule has 3 nitrogen and oxygen atoms in total. The number of amides is 1. The minimum Gasteiger partial charge on any atom is -0.464 e. The lowest BCUT2D eigenvalue weighted by Gasteiger charge is -2.06. The normalized spacial score (nSPS) is 10.7. The standard InChI is InChI=1S/C17H15NO2S/c19-17(14-6-2-4-8-16(14)21)18-10-9-12-11-20-15-7-3-1-5-13(12)15/h1-8,11,21H,9-10H2,(H,18,19). The molecule has 3 rings (SSSR count). The number of benzene rings is 2. The zero-order valence-corrected chi connectivity index (χ0v) is 12.3. The highest BCUT2D eigenvalue weighted by atomic mass is 32.1. The molecule has 0 aliphatic rings. The van der Waals surface area contributed by atoms with E-state index in [9.17, 15) is 4.79 Å². The number of rotatable bonds is 4. The second-order valence-electron chi connectivity index (χ2n) is 4.78. The highest BCUT2D eigenvalue weighted by Crippen LogP contribution is 2.20. The Morgan fingerprint density at radius 3 is 2.71 bits per heavy atom. The summed E-state index contributed by atoms with van der Waals surface area (Å²) < 4.78 is 5.49. The number of carbonyl (C=O) groups is 1. The maximum Gasteiger partial charge on any atom is 0.252 e. The van der Waals surface area contributed by atoms with Gasteiger partial charge in [0.15, 0.2) is 0 Å². The number of furan rings is 1. The van der Waals surface area contributed by atoms with E-state index in [-0.39, 0.29) is 5.91 Å². The molecule has 106 valence electrons. The van der Waals surface area contributed by atoms with E-state index in [4.69, 9.17) is 4.42 Å². The molecule has 0 spiro atoms. The van der Waals surface area contributed by atoms with Crippen LogP contribution < -0.4 is 5.32 Å². The van der Waals surface area contributed by atoms with Gasteiger partial charge in [0.2, 0.25) is 0 Å². The first-order chi connectivity index (χ1) is 10.3. The van der Waals surface area contributed by atoms with E-state index >= 15 is 0 Å². The van der Waals surface area contributed by atoms with Crippen LogP contribution in [0.5, 0.6) is 0 Å². The molecular weight excluding hydrogens is 282 g/mol. The molecule has 1 N–H and O–H groups in total. The fourth-order valence-electron chi connectivity index (χ4n) is 2.30. The molecule has 0 radical (unpaired) electrons. The molecule has 0 saturated carbocycles. The molecule has 0 bridgehead atoms. The van der Waals surface area contributed by atoms with Gasteiger partial charge < -0.3 is 9.73 Å². The highest BCUT2D eigenvalue weighted by Gasteiger charge is 2.09. The van der Waals surface area contributed by atoms with E-state index in [1.807, 2.05) is 42.5 Å². The van der Waals surface area contributed by atoms with Gasteiger partial charge in [0.1, 0.15) is 5.58 Å². The fraction of sp³-hybridized carbons (Fsp3) is 0.118. The average molecular weight is 297 g/mol. The quantitative estimate of drug-likeness (QED) is 0.721. The molecule has 0 aliphatic carbocycles. The minimum atomic E-state index is -0.103. The van der Waals surface area contributed by atoms with E-state index < -0.39 is 0 Å². The number of carbonyl (C=O) groups excluding carboxylic acids is 1. The van der Waals surface area contributed by atoms with Crippen molar-refractivity contribution in [3.8, 4) is 0 Å². The summed E-state index contributed by atoms with van der Waals surface area (Å²) in [5, 5.41) is 4.01. The average Bonchev–Trinajstić information content (AvgIpc) is 2.91. The molecule has 1 heterocycles. The van der Waals surface area contributed by atoms with Gasteiger partial charge in [-0.3, -0.25) is 4.79 Å². The van der Waals surface area contributed by atoms with E-state index in [0.29, 0.717) is 17.0 Å². The molecule has 3 aromatic rings. The molecule has 0 fully saturated rings. The highest BCUT2D eigenvalue weighted by molar-refractivity contribution is 7.80. The van der Waals surface area contributed by atoms with Gasteiger partial charge in [-0.15, -0.1) is 12.6 Å². The Morgan fingerprint density at radius 2 is 1.86 bits per heavy atom. The summed E-state index contributed by atoms with van der Waals surface area (Å²) in [4.78, 5) is 12.8. The summed E-state index contributed by atoms with van der Waals surface area (Å²) in [6, 6.07) is 15.2. The summed E-state index contributed by atoms with van der Waals surface area (Å²) in [6.07, 6.45) is 2.49. The van der Waals surface area contributed by atoms with Crippen LogP contribution in [0.4, 0.5) is 0 Å². The van der Waals surface area contributed by atoms with Gasteiger partial charge in [0.05, 0.1) is 11.8 Å². The van der Waals surface area contributed by atoms with E-state index in [1.165, 1.54) is 0 Å². The lowest BCUT2D eigenvalue weighted by atomic mass is 10.1. The lowest BCUT2D eigenvalue weighted by molar-refractivity contribution is 0.0951. The van der Waals surface area contributed by atoms with Crippen molar-refractivity contribution < 1.29 is 9.21 Å². The zero-order valence-electron chi connectivity index (χ0n) is 11.4. The van der Waals surface area contributed by atoms with E-state index in [2.05, 4.69) is 17.9 Å². The van der Waals surface area contributed by atoms with Crippen LogP contribution in [-0.2, 0) is 6.42 Å². The topological polar surface area (TPSA) is 42.2 Å². The van der Waals surface area contributed by atoms with Crippen molar-refractivity contribution in [1.29, 1.82) is 0 Å². The smallest absolute Gasteiger partial charge is 0.252 e. The zero-order chi connectivity index (χ0) is 14.7. The summed E-state index contributed by atoms with van der Waals surface area (Å²) in [5.74, 6) is -0.103. The SMILES string of the molecule is O=C(NCCc1coc2ccccc12)c1ccccc1S. The monoisotopic (exact) mass is 297 g/mol. The fourth-order valence-corrected chi connectivity index (χ4v) is 2.56. The number of hydrogen-bond acceptors (Lipinski definition) is 3. The van der Waals surface area contributed by atoms with Crippen LogP contribution in [0.15, 0.2) is 64.1 Å². The van der Waals surface area contributed by atoms with Gasteiger partial charge in [-0.1, -0.05) is 30.3 Å². The van der Waals surface area contributed by atoms with E-state index in [0.717, 1.165) is 23.0 Å². The second-order valence-corrected chi connectivity index (χ2v) is 5.26. The predicted octanol–water partition coefficient (Wildman–Crippen LogP) is 3.69. The first-order valence-corrected chi connectivity index (χ1v) is 7.22. The molecule has 1 aromatic heterocycles. The van der Waals surface area contributed by atoms with Crippen molar-refractivity contribution in [3.63, 3.8) is 0 Å². The van der Waals surface area contributed by atoms with Crippen molar-refractivity contribution in [1.82, 2.24) is 5.32 Å². The summed E-state index contributed by atoms with van der Waals surface area (Å²) in [7, 11) is 0. The molecule has 1 amide bonds. The molecule has 2 aromatic carbocycles. The van der Waals surface area contributed by atoms with Crippen LogP contribution in [0.2, 0.25) is 0 Å². The Balaban J connectivity index is 1.64. The summed E-state index contributed by atoms with van der Waals surface area (Å²) in [6.45, 7) is 0.560. The van der Waals surface area contributed by atoms with Crippen LogP contribution in [0.1, 0.15) is 15.9 Å². The van der Waals surface area contributed by atoms with Crippen LogP contribution in [0.25, 0.3) is 11.0 Å². The molecule has 0 unspecified atom stereocenters. The van der Waals surface area contributed by atoms with Crippen LogP contribution in [0.3, 0.4) is 0 Å². The third kappa shape index (κ3) is 2.95. The van der Waals surface area contributed by atoms with Crippen molar-refractivity contribution in [2.24, 2.45) is 0 Å². The second kappa shape index (κ2) is 6.06. The van der Waals surface area contributed by atoms with Gasteiger partial charge in [-0.05, 0) is 30.2 Å². The molecular formula is C17H15NO2S. The minimum absolute atomic E-state index is 0.103. The van der Waals surface area contributed by atoms with Crippen LogP contribution in [0, 0.1) is 0 Å². The summed E-state index contributed by atoms with van der Waals surface area (Å²) in [5.41, 5.74) is 2.57. The first-order valence-electron chi connectivity index (χ1n) is 6.77. The first kappa shape index (κ1) is 13.8. The van der Waals surface area contributed by atoms with Gasteiger partial charge >= 0.3 is 0 Å². The van der Waals surface area contributed by atoms with Crippen molar-refractivity contribution in [3.05, 3.63) is 65.9 Å². The van der Waals surface area contributed by atoms with Crippen molar-refractivity contribution in [2.75, 3.05) is 6.54 Å². The number of para-hydroxylation sites is 1. The van der Waals surface area contributed by atoms with Crippen molar-refractivity contribution >= 4 is 29.5 Å². The maximum atomic E-state index is 12.1. The number of thiol groups is 1. The lowest BCUT2D eigenvalue weighted by Crippen LogP contribution is -2.25. The number of fused-ring (bicyclic) bond motifs is 1. The predicted molar refractivity (Wildman–Crippen MR) is 85.9 cm³/mol. The molecule has 0 aliphatic heterocycles. The molecule has 21 heavy (non-hydrogen) atoms. The number of nitrogens with one attached hydrogen (secondary N) is 1. The van der Waals surface area contributed by atoms with Gasteiger partial charge in [0, 0.05) is 16.8 Å². The van der Waals surface area contributed by atoms with Crippen LogP contribution in [-0.4, -0.2) is 12.5 Å². The van der Waals surface area contributed by atoms with Crippen LogP contribution >= 0.6 is 12.6 Å². The van der Waals surface area contributed by atoms with E-state index in [1.54, 1.807) is 12.3 Å². The third-order valence-corrected chi connectivity index (χ3v) is 3.78. The summed E-state index contributed by atoms with van der Waals surface area (Å²) >= 11 is 4.29. The Hall–Kier alpha value is -2.20. The Kier molecular flexibility index (Phi) is 3.97. The Bertz CT molecular complexity index is 779. The maximum absolute atomic E-state index is 12.1. The van der Waals surface area contributed by atoms with Gasteiger partial charge in [-0.25, -0.2) is 0 Å². The molecule has 4 heteroatoms. The molecule has 0 saturated heterocycles. The van der Waals surface area contributed by atoms with Crippen molar-refractivity contribution in [2.45, 2.75) is 11.3 Å².